The van der Waals surface area contributed by atoms with Crippen LogP contribution in [0.4, 0.5) is 4.39 Å². The Labute approximate surface area is 161 Å². The van der Waals surface area contributed by atoms with Crippen LogP contribution in [0.2, 0.25) is 0 Å². The van der Waals surface area contributed by atoms with Gasteiger partial charge in [0.05, 0.1) is 25.1 Å². The van der Waals surface area contributed by atoms with Gasteiger partial charge in [0.1, 0.15) is 11.0 Å². The SMILES string of the molecule is COC1=c2c(=O)[nH]c(=O)n(C3CC3)c2=C(C)C(N2CCC(C(N)CO)C2)C1F. The Hall–Kier alpha value is -1.97. The lowest BCUT2D eigenvalue weighted by Gasteiger charge is -2.35. The molecule has 1 aromatic rings. The first-order valence-corrected chi connectivity index (χ1v) is 9.77. The van der Waals surface area contributed by atoms with E-state index < -0.39 is 23.5 Å². The number of rotatable bonds is 5. The van der Waals surface area contributed by atoms with Gasteiger partial charge in [-0.15, -0.1) is 0 Å². The molecular weight excluding hydrogens is 367 g/mol. The monoisotopic (exact) mass is 394 g/mol. The Bertz CT molecular complexity index is 1010. The Balaban J connectivity index is 1.90. The first-order valence-electron chi connectivity index (χ1n) is 9.77. The molecule has 28 heavy (non-hydrogen) atoms. The second-order valence-electron chi connectivity index (χ2n) is 8.07. The van der Waals surface area contributed by atoms with Crippen LogP contribution in [0.5, 0.6) is 0 Å². The topological polar surface area (TPSA) is 114 Å². The third-order valence-electron chi connectivity index (χ3n) is 6.33. The number of aliphatic hydroxyl groups is 1. The standard InChI is InChI=1S/C19H27FN4O4/c1-9-15-13(18(26)22-19(27)24(15)11-3-4-11)17(28-2)14(20)16(9)23-6-5-10(7-23)12(21)8-25/h10-12,14,16,25H,3-8,21H2,1-2H3,(H,22,26,27). The zero-order chi connectivity index (χ0) is 20.2. The second-order valence-corrected chi connectivity index (χ2v) is 8.07. The van der Waals surface area contributed by atoms with Crippen molar-refractivity contribution in [3.05, 3.63) is 31.4 Å². The van der Waals surface area contributed by atoms with E-state index in [0.29, 0.717) is 24.0 Å². The quantitative estimate of drug-likeness (QED) is 0.541. The largest absolute Gasteiger partial charge is 0.497 e. The lowest BCUT2D eigenvalue weighted by atomic mass is 9.94. The molecule has 8 nitrogen and oxygen atoms in total. The maximum atomic E-state index is 15.6. The van der Waals surface area contributed by atoms with Gasteiger partial charge >= 0.3 is 5.69 Å². The van der Waals surface area contributed by atoms with Crippen molar-refractivity contribution in [2.45, 2.75) is 50.5 Å². The van der Waals surface area contributed by atoms with Gasteiger partial charge in [0, 0.05) is 18.6 Å². The molecule has 0 amide bonds. The molecule has 1 saturated carbocycles. The van der Waals surface area contributed by atoms with Crippen molar-refractivity contribution in [3.63, 3.8) is 0 Å². The molecule has 1 aliphatic heterocycles. The van der Waals surface area contributed by atoms with E-state index in [9.17, 15) is 14.7 Å². The van der Waals surface area contributed by atoms with Gasteiger partial charge in [-0.3, -0.25) is 19.2 Å². The summed E-state index contributed by atoms with van der Waals surface area (Å²) >= 11 is 0. The van der Waals surface area contributed by atoms with Crippen molar-refractivity contribution < 1.29 is 14.2 Å². The van der Waals surface area contributed by atoms with Crippen LogP contribution >= 0.6 is 0 Å². The summed E-state index contributed by atoms with van der Waals surface area (Å²) in [7, 11) is 1.35. The zero-order valence-electron chi connectivity index (χ0n) is 16.2. The van der Waals surface area contributed by atoms with Crippen molar-refractivity contribution in [3.8, 4) is 0 Å². The van der Waals surface area contributed by atoms with Gasteiger partial charge in [-0.25, -0.2) is 9.18 Å². The molecule has 2 heterocycles. The number of nitrogens with one attached hydrogen (secondary N) is 1. The van der Waals surface area contributed by atoms with Crippen molar-refractivity contribution in [2.75, 3.05) is 26.8 Å². The van der Waals surface area contributed by atoms with Crippen LogP contribution in [-0.2, 0) is 4.74 Å². The number of ether oxygens (including phenoxy) is 1. The molecular formula is C19H27FN4O4. The molecule has 0 spiro atoms. The maximum absolute atomic E-state index is 15.6. The predicted octanol–water partition coefficient (Wildman–Crippen LogP) is -1.84. The molecule has 4 rings (SSSR count). The van der Waals surface area contributed by atoms with E-state index in [2.05, 4.69) is 4.98 Å². The third-order valence-corrected chi connectivity index (χ3v) is 6.33. The van der Waals surface area contributed by atoms with Crippen molar-refractivity contribution in [2.24, 2.45) is 11.7 Å². The smallest absolute Gasteiger partial charge is 0.329 e. The minimum absolute atomic E-state index is 0.0251. The highest BCUT2D eigenvalue weighted by atomic mass is 19.1. The van der Waals surface area contributed by atoms with Crippen LogP contribution in [0.15, 0.2) is 9.59 Å². The normalized spacial score (nSPS) is 29.1. The summed E-state index contributed by atoms with van der Waals surface area (Å²) in [5.74, 6) is 0.0401. The van der Waals surface area contributed by atoms with E-state index in [1.807, 2.05) is 4.90 Å². The lowest BCUT2D eigenvalue weighted by molar-refractivity contribution is 0.160. The minimum atomic E-state index is -1.52. The van der Waals surface area contributed by atoms with Crippen LogP contribution in [-0.4, -0.2) is 64.6 Å². The number of aliphatic hydroxyl groups excluding tert-OH is 1. The zero-order valence-corrected chi connectivity index (χ0v) is 16.2. The Morgan fingerprint density at radius 3 is 2.68 bits per heavy atom. The minimum Gasteiger partial charge on any atom is -0.497 e. The Morgan fingerprint density at radius 2 is 2.07 bits per heavy atom. The summed E-state index contributed by atoms with van der Waals surface area (Å²) in [6, 6.07) is -0.959. The number of H-pyrrole nitrogens is 1. The fraction of sp³-hybridized carbons (Fsp3) is 0.684. The molecule has 1 aromatic heterocycles. The van der Waals surface area contributed by atoms with E-state index in [-0.39, 0.29) is 35.6 Å². The number of aromatic nitrogens is 2. The number of halogens is 1. The van der Waals surface area contributed by atoms with Crippen molar-refractivity contribution in [1.29, 1.82) is 0 Å². The molecule has 1 saturated heterocycles. The number of fused-ring (bicyclic) bond motifs is 1. The van der Waals surface area contributed by atoms with E-state index in [0.717, 1.165) is 19.3 Å². The molecule has 9 heteroatoms. The van der Waals surface area contributed by atoms with Gasteiger partial charge in [-0.2, -0.15) is 0 Å². The molecule has 154 valence electrons. The summed E-state index contributed by atoms with van der Waals surface area (Å²) in [5, 5.41) is 9.96. The average molecular weight is 394 g/mol. The molecule has 3 aliphatic rings. The summed E-state index contributed by atoms with van der Waals surface area (Å²) in [6.07, 6.45) is 0.954. The number of hydrogen-bond donors (Lipinski definition) is 3. The van der Waals surface area contributed by atoms with Crippen LogP contribution in [0.3, 0.4) is 0 Å². The highest BCUT2D eigenvalue weighted by molar-refractivity contribution is 5.60. The first-order chi connectivity index (χ1) is 13.4. The number of methoxy groups -OCH3 is 1. The van der Waals surface area contributed by atoms with Crippen LogP contribution in [0.1, 0.15) is 32.2 Å². The van der Waals surface area contributed by atoms with E-state index in [1.54, 1.807) is 11.5 Å². The number of likely N-dealkylation sites (tertiary alicyclic amines) is 1. The average Bonchev–Trinajstić information content (AvgIpc) is 3.38. The number of nitrogens with two attached hydrogens (primary N) is 1. The molecule has 4 atom stereocenters. The van der Waals surface area contributed by atoms with Gasteiger partial charge < -0.3 is 15.6 Å². The molecule has 0 bridgehead atoms. The van der Waals surface area contributed by atoms with Crippen LogP contribution in [0, 0.1) is 5.92 Å². The summed E-state index contributed by atoms with van der Waals surface area (Å²) in [5.41, 5.74) is 5.57. The van der Waals surface area contributed by atoms with E-state index in [4.69, 9.17) is 10.5 Å². The highest BCUT2D eigenvalue weighted by Gasteiger charge is 2.42. The molecule has 0 radical (unpaired) electrons. The second kappa shape index (κ2) is 7.13. The van der Waals surface area contributed by atoms with Gasteiger partial charge in [0.2, 0.25) is 0 Å². The number of hydrogen-bond acceptors (Lipinski definition) is 6. The first kappa shape index (κ1) is 19.4. The Morgan fingerprint density at radius 1 is 1.36 bits per heavy atom. The fourth-order valence-electron chi connectivity index (χ4n) is 4.73. The summed E-state index contributed by atoms with van der Waals surface area (Å²) < 4.78 is 22.5. The van der Waals surface area contributed by atoms with Crippen molar-refractivity contribution in [1.82, 2.24) is 14.5 Å². The molecule has 2 aliphatic carbocycles. The lowest BCUT2D eigenvalue weighted by Crippen LogP contribution is -2.61. The fourth-order valence-corrected chi connectivity index (χ4v) is 4.73. The van der Waals surface area contributed by atoms with E-state index >= 15 is 4.39 Å². The number of nitrogens with zero attached hydrogens (tertiary/aromatic N) is 2. The molecule has 4 unspecified atom stereocenters. The summed E-state index contributed by atoms with van der Waals surface area (Å²) in [4.78, 5) is 29.4. The predicted molar refractivity (Wildman–Crippen MR) is 102 cm³/mol. The third kappa shape index (κ3) is 2.92. The number of alkyl halides is 1. The van der Waals surface area contributed by atoms with Gasteiger partial charge in [-0.1, -0.05) is 0 Å². The molecule has 4 N–H and O–H groups in total. The van der Waals surface area contributed by atoms with Gasteiger partial charge in [0.25, 0.3) is 5.56 Å². The van der Waals surface area contributed by atoms with Gasteiger partial charge in [-0.05, 0) is 44.2 Å². The van der Waals surface area contributed by atoms with E-state index in [1.165, 1.54) is 7.11 Å². The van der Waals surface area contributed by atoms with Crippen molar-refractivity contribution >= 4 is 11.3 Å². The molecule has 2 fully saturated rings. The van der Waals surface area contributed by atoms with Gasteiger partial charge in [0.15, 0.2) is 6.17 Å². The Kier molecular flexibility index (Phi) is 4.93. The van der Waals surface area contributed by atoms with Crippen LogP contribution < -0.4 is 27.6 Å². The highest BCUT2D eigenvalue weighted by Crippen LogP contribution is 2.34. The number of aromatic amines is 1. The molecule has 0 aromatic carbocycles. The van der Waals surface area contributed by atoms with Crippen LogP contribution in [0.25, 0.3) is 11.3 Å². The maximum Gasteiger partial charge on any atom is 0.329 e. The summed E-state index contributed by atoms with van der Waals surface area (Å²) in [6.45, 7) is 2.86.